The molecule has 0 unspecified atom stereocenters. The number of benzene rings is 2. The second kappa shape index (κ2) is 10.3. The molecule has 0 amide bonds. The Morgan fingerprint density at radius 1 is 1.04 bits per heavy atom. The van der Waals surface area contributed by atoms with Gasteiger partial charge in [0.15, 0.2) is 0 Å². The molecule has 0 bridgehead atoms. The highest BCUT2D eigenvalue weighted by Crippen LogP contribution is 2.20. The van der Waals surface area contributed by atoms with E-state index in [2.05, 4.69) is 24.4 Å². The van der Waals surface area contributed by atoms with Crippen molar-refractivity contribution in [3.8, 4) is 5.75 Å². The van der Waals surface area contributed by atoms with Crippen LogP contribution in [0, 0.1) is 5.82 Å². The number of hydrogen-bond acceptors (Lipinski definition) is 2. The van der Waals surface area contributed by atoms with Gasteiger partial charge in [0.2, 0.25) is 0 Å². The first-order chi connectivity index (χ1) is 11.7. The van der Waals surface area contributed by atoms with Crippen LogP contribution in [0.4, 0.5) is 4.39 Å². The Morgan fingerprint density at radius 2 is 1.83 bits per heavy atom. The first-order valence-corrected chi connectivity index (χ1v) is 8.93. The average Bonchev–Trinajstić information content (AvgIpc) is 2.58. The van der Waals surface area contributed by atoms with E-state index in [0.29, 0.717) is 11.6 Å². The van der Waals surface area contributed by atoms with Crippen molar-refractivity contribution in [3.63, 3.8) is 0 Å². The van der Waals surface area contributed by atoms with Crippen LogP contribution in [0.3, 0.4) is 0 Å². The Hall–Kier alpha value is -1.58. The van der Waals surface area contributed by atoms with E-state index < -0.39 is 0 Å². The Morgan fingerprint density at radius 3 is 2.54 bits per heavy atom. The fourth-order valence-corrected chi connectivity index (χ4v) is 2.63. The lowest BCUT2D eigenvalue weighted by Gasteiger charge is -2.09. The molecule has 2 rings (SSSR count). The molecule has 24 heavy (non-hydrogen) atoms. The van der Waals surface area contributed by atoms with Crippen molar-refractivity contribution in [3.05, 3.63) is 64.4 Å². The standard InChI is InChI=1S/C20H25ClFNO/c1-2-3-4-5-12-23-14-16-6-10-19(11-7-16)24-15-17-8-9-18(22)13-20(17)21/h6-11,13,23H,2-5,12,14-15H2,1H3. The third-order valence-corrected chi connectivity index (χ3v) is 4.22. The minimum Gasteiger partial charge on any atom is -0.489 e. The van der Waals surface area contributed by atoms with Crippen molar-refractivity contribution in [2.75, 3.05) is 6.54 Å². The number of unbranched alkanes of at least 4 members (excludes halogenated alkanes) is 3. The minimum absolute atomic E-state index is 0.328. The van der Waals surface area contributed by atoms with Crippen LogP contribution in [-0.4, -0.2) is 6.54 Å². The van der Waals surface area contributed by atoms with Crippen molar-refractivity contribution < 1.29 is 9.13 Å². The molecular weight excluding hydrogens is 325 g/mol. The zero-order chi connectivity index (χ0) is 17.2. The lowest BCUT2D eigenvalue weighted by Crippen LogP contribution is -2.14. The maximum absolute atomic E-state index is 13.0. The monoisotopic (exact) mass is 349 g/mol. The van der Waals surface area contributed by atoms with E-state index in [-0.39, 0.29) is 5.82 Å². The number of ether oxygens (including phenoxy) is 1. The van der Waals surface area contributed by atoms with Crippen molar-refractivity contribution in [2.45, 2.75) is 45.8 Å². The predicted octanol–water partition coefficient (Wildman–Crippen LogP) is 5.73. The molecule has 0 saturated heterocycles. The number of hydrogen-bond donors (Lipinski definition) is 1. The molecule has 0 atom stereocenters. The average molecular weight is 350 g/mol. The summed E-state index contributed by atoms with van der Waals surface area (Å²) in [6.07, 6.45) is 5.10. The van der Waals surface area contributed by atoms with Crippen LogP contribution in [0.25, 0.3) is 0 Å². The van der Waals surface area contributed by atoms with Crippen LogP contribution >= 0.6 is 11.6 Å². The Bertz CT molecular complexity index is 616. The van der Waals surface area contributed by atoms with Gasteiger partial charge in [-0.3, -0.25) is 0 Å². The lowest BCUT2D eigenvalue weighted by atomic mass is 10.2. The normalized spacial score (nSPS) is 10.8. The van der Waals surface area contributed by atoms with Crippen LogP contribution in [0.1, 0.15) is 43.7 Å². The highest BCUT2D eigenvalue weighted by atomic mass is 35.5. The molecule has 0 aromatic heterocycles. The summed E-state index contributed by atoms with van der Waals surface area (Å²) in [6, 6.07) is 12.3. The minimum atomic E-state index is -0.338. The van der Waals surface area contributed by atoms with Gasteiger partial charge in [-0.15, -0.1) is 0 Å². The molecule has 2 aromatic carbocycles. The summed E-state index contributed by atoms with van der Waals surface area (Å²) in [5.41, 5.74) is 2.01. The van der Waals surface area contributed by atoms with E-state index in [4.69, 9.17) is 16.3 Å². The summed E-state index contributed by atoms with van der Waals surface area (Å²) in [5.74, 6) is 0.442. The van der Waals surface area contributed by atoms with Gasteiger partial charge in [0, 0.05) is 12.1 Å². The number of halogens is 2. The van der Waals surface area contributed by atoms with E-state index in [1.165, 1.54) is 43.4 Å². The van der Waals surface area contributed by atoms with Gasteiger partial charge in [-0.2, -0.15) is 0 Å². The summed E-state index contributed by atoms with van der Waals surface area (Å²) in [7, 11) is 0. The smallest absolute Gasteiger partial charge is 0.124 e. The molecule has 0 radical (unpaired) electrons. The summed E-state index contributed by atoms with van der Waals surface area (Å²) in [4.78, 5) is 0. The van der Waals surface area contributed by atoms with E-state index in [1.54, 1.807) is 6.07 Å². The maximum atomic E-state index is 13.0. The van der Waals surface area contributed by atoms with Crippen LogP contribution in [0.2, 0.25) is 5.02 Å². The van der Waals surface area contributed by atoms with Gasteiger partial charge < -0.3 is 10.1 Å². The highest BCUT2D eigenvalue weighted by Gasteiger charge is 2.03. The van der Waals surface area contributed by atoms with Gasteiger partial charge in [0.25, 0.3) is 0 Å². The Labute approximate surface area is 149 Å². The van der Waals surface area contributed by atoms with Crippen LogP contribution in [0.5, 0.6) is 5.75 Å². The largest absolute Gasteiger partial charge is 0.489 e. The molecule has 0 spiro atoms. The second-order valence-electron chi connectivity index (χ2n) is 5.91. The van der Waals surface area contributed by atoms with Gasteiger partial charge in [0.1, 0.15) is 18.2 Å². The summed E-state index contributed by atoms with van der Waals surface area (Å²) in [5, 5.41) is 3.84. The quantitative estimate of drug-likeness (QED) is 0.553. The van der Waals surface area contributed by atoms with Crippen LogP contribution in [-0.2, 0) is 13.2 Å². The predicted molar refractivity (Wildman–Crippen MR) is 98.0 cm³/mol. The lowest BCUT2D eigenvalue weighted by molar-refractivity contribution is 0.306. The topological polar surface area (TPSA) is 21.3 Å². The molecule has 0 heterocycles. The molecule has 0 fully saturated rings. The van der Waals surface area contributed by atoms with Gasteiger partial charge in [-0.1, -0.05) is 56.0 Å². The summed E-state index contributed by atoms with van der Waals surface area (Å²) in [6.45, 7) is 4.48. The molecule has 0 saturated carbocycles. The number of rotatable bonds is 10. The molecule has 2 aromatic rings. The summed E-state index contributed by atoms with van der Waals surface area (Å²) >= 11 is 6.00. The first-order valence-electron chi connectivity index (χ1n) is 8.55. The zero-order valence-corrected chi connectivity index (χ0v) is 14.9. The van der Waals surface area contributed by atoms with E-state index >= 15 is 0 Å². The van der Waals surface area contributed by atoms with E-state index in [9.17, 15) is 4.39 Å². The van der Waals surface area contributed by atoms with Gasteiger partial charge in [-0.25, -0.2) is 4.39 Å². The molecule has 130 valence electrons. The fourth-order valence-electron chi connectivity index (χ4n) is 2.41. The molecule has 4 heteroatoms. The molecule has 0 aliphatic carbocycles. The molecule has 2 nitrogen and oxygen atoms in total. The third kappa shape index (κ3) is 6.50. The molecule has 1 N–H and O–H groups in total. The highest BCUT2D eigenvalue weighted by molar-refractivity contribution is 6.31. The summed E-state index contributed by atoms with van der Waals surface area (Å²) < 4.78 is 18.7. The zero-order valence-electron chi connectivity index (χ0n) is 14.2. The van der Waals surface area contributed by atoms with Gasteiger partial charge in [-0.05, 0) is 42.8 Å². The van der Waals surface area contributed by atoms with Gasteiger partial charge in [0.05, 0.1) is 5.02 Å². The maximum Gasteiger partial charge on any atom is 0.124 e. The van der Waals surface area contributed by atoms with Crippen molar-refractivity contribution in [2.24, 2.45) is 0 Å². The third-order valence-electron chi connectivity index (χ3n) is 3.87. The molecule has 0 aliphatic heterocycles. The molecule has 0 aliphatic rings. The van der Waals surface area contributed by atoms with Crippen molar-refractivity contribution in [1.29, 1.82) is 0 Å². The Balaban J connectivity index is 1.73. The number of nitrogens with one attached hydrogen (secondary N) is 1. The van der Waals surface area contributed by atoms with Gasteiger partial charge >= 0.3 is 0 Å². The van der Waals surface area contributed by atoms with Crippen LogP contribution in [0.15, 0.2) is 42.5 Å². The van der Waals surface area contributed by atoms with Crippen molar-refractivity contribution in [1.82, 2.24) is 5.32 Å². The SMILES string of the molecule is CCCCCCNCc1ccc(OCc2ccc(F)cc2Cl)cc1. The van der Waals surface area contributed by atoms with Crippen molar-refractivity contribution >= 4 is 11.6 Å². The Kier molecular flexibility index (Phi) is 8.06. The van der Waals surface area contributed by atoms with Crippen LogP contribution < -0.4 is 10.1 Å². The first kappa shape index (κ1) is 18.8. The fraction of sp³-hybridized carbons (Fsp3) is 0.400. The van der Waals surface area contributed by atoms with E-state index in [1.807, 2.05) is 12.1 Å². The second-order valence-corrected chi connectivity index (χ2v) is 6.31. The molecular formula is C20H25ClFNO. The van der Waals surface area contributed by atoms with E-state index in [0.717, 1.165) is 24.4 Å².